The molecule has 110 valence electrons. The van der Waals surface area contributed by atoms with Crippen molar-refractivity contribution in [2.24, 2.45) is 5.41 Å². The average Bonchev–Trinajstić information content (AvgIpc) is 2.80. The molecule has 0 spiro atoms. The zero-order valence-electron chi connectivity index (χ0n) is 11.7. The summed E-state index contributed by atoms with van der Waals surface area (Å²) in [5, 5.41) is 0. The van der Waals surface area contributed by atoms with Crippen LogP contribution in [0.15, 0.2) is 12.7 Å². The lowest BCUT2D eigenvalue weighted by atomic mass is 9.77. The third-order valence-corrected chi connectivity index (χ3v) is 5.74. The van der Waals surface area contributed by atoms with E-state index in [2.05, 4.69) is 6.58 Å². The minimum Gasteiger partial charge on any atom is -0.348 e. The lowest BCUT2D eigenvalue weighted by Gasteiger charge is -2.37. The Labute approximate surface area is 116 Å². The minimum absolute atomic E-state index is 0.0821. The van der Waals surface area contributed by atoms with E-state index in [0.29, 0.717) is 19.4 Å². The second kappa shape index (κ2) is 5.54. The average molecular weight is 288 g/mol. The molecule has 1 saturated carbocycles. The van der Waals surface area contributed by atoms with Gasteiger partial charge in [-0.3, -0.25) is 0 Å². The first kappa shape index (κ1) is 15.0. The molecule has 1 heterocycles. The Balaban J connectivity index is 2.19. The Morgan fingerprint density at radius 3 is 2.84 bits per heavy atom. The molecular formula is C14H24O4S. The van der Waals surface area contributed by atoms with Gasteiger partial charge in [0.05, 0.1) is 12.4 Å². The Bertz CT molecular complexity index is 417. The molecule has 4 nitrogen and oxygen atoms in total. The predicted octanol–water partition coefficient (Wildman–Crippen LogP) is 3.00. The normalized spacial score (nSPS) is 34.4. The molecule has 19 heavy (non-hydrogen) atoms. The highest BCUT2D eigenvalue weighted by Gasteiger charge is 2.61. The van der Waals surface area contributed by atoms with Gasteiger partial charge in [0.15, 0.2) is 5.79 Å². The fourth-order valence-electron chi connectivity index (χ4n) is 3.43. The molecule has 0 N–H and O–H groups in total. The van der Waals surface area contributed by atoms with Crippen LogP contribution in [0.4, 0.5) is 0 Å². The number of rotatable bonds is 7. The highest BCUT2D eigenvalue weighted by Crippen LogP contribution is 2.58. The van der Waals surface area contributed by atoms with Crippen LogP contribution in [0.3, 0.4) is 0 Å². The summed E-state index contributed by atoms with van der Waals surface area (Å²) in [6.07, 6.45) is 7.54. The van der Waals surface area contributed by atoms with Crippen LogP contribution in [0.1, 0.15) is 51.9 Å². The first-order chi connectivity index (χ1) is 8.99. The van der Waals surface area contributed by atoms with Gasteiger partial charge in [-0.1, -0.05) is 19.4 Å². The fourth-order valence-corrected chi connectivity index (χ4v) is 4.87. The number of ether oxygens (including phenoxy) is 1. The van der Waals surface area contributed by atoms with Crippen molar-refractivity contribution in [1.29, 1.82) is 0 Å². The van der Waals surface area contributed by atoms with Gasteiger partial charge in [-0.2, -0.15) is 8.42 Å². The molecule has 0 amide bonds. The number of fused-ring (bicyclic) bond motifs is 1. The van der Waals surface area contributed by atoms with Crippen LogP contribution in [0.25, 0.3) is 0 Å². The van der Waals surface area contributed by atoms with E-state index in [1.165, 1.54) is 0 Å². The summed E-state index contributed by atoms with van der Waals surface area (Å²) >= 11 is 0. The maximum Gasteiger partial charge on any atom is 0.270 e. The van der Waals surface area contributed by atoms with Crippen molar-refractivity contribution in [3.05, 3.63) is 12.7 Å². The van der Waals surface area contributed by atoms with Crippen molar-refractivity contribution < 1.29 is 17.3 Å². The van der Waals surface area contributed by atoms with Crippen LogP contribution in [0.5, 0.6) is 0 Å². The first-order valence-electron chi connectivity index (χ1n) is 7.17. The van der Waals surface area contributed by atoms with Crippen LogP contribution in [-0.2, 0) is 19.0 Å². The van der Waals surface area contributed by atoms with Crippen LogP contribution in [0, 0.1) is 5.41 Å². The summed E-state index contributed by atoms with van der Waals surface area (Å²) < 4.78 is 35.6. The molecule has 0 aromatic heterocycles. The molecule has 0 aromatic carbocycles. The predicted molar refractivity (Wildman–Crippen MR) is 74.2 cm³/mol. The van der Waals surface area contributed by atoms with Gasteiger partial charge in [-0.15, -0.1) is 6.58 Å². The van der Waals surface area contributed by atoms with Gasteiger partial charge < -0.3 is 4.74 Å². The Hall–Kier alpha value is -0.390. The molecule has 1 aliphatic carbocycles. The summed E-state index contributed by atoms with van der Waals surface area (Å²) in [6.45, 7) is 6.35. The molecule has 1 aliphatic heterocycles. The van der Waals surface area contributed by atoms with Crippen molar-refractivity contribution in [2.45, 2.75) is 57.7 Å². The van der Waals surface area contributed by atoms with Crippen molar-refractivity contribution in [2.75, 3.05) is 12.4 Å². The van der Waals surface area contributed by atoms with Crippen LogP contribution >= 0.6 is 0 Å². The number of hydrogen-bond donors (Lipinski definition) is 0. The molecule has 0 radical (unpaired) electrons. The van der Waals surface area contributed by atoms with Crippen LogP contribution in [0.2, 0.25) is 0 Å². The van der Waals surface area contributed by atoms with Crippen molar-refractivity contribution in [1.82, 2.24) is 0 Å². The smallest absolute Gasteiger partial charge is 0.270 e. The largest absolute Gasteiger partial charge is 0.348 e. The van der Waals surface area contributed by atoms with E-state index in [9.17, 15) is 8.42 Å². The lowest BCUT2D eigenvalue weighted by molar-refractivity contribution is -0.187. The Morgan fingerprint density at radius 1 is 1.37 bits per heavy atom. The maximum atomic E-state index is 12.1. The Morgan fingerprint density at radius 2 is 2.16 bits per heavy atom. The van der Waals surface area contributed by atoms with Gasteiger partial charge in [0.25, 0.3) is 10.1 Å². The van der Waals surface area contributed by atoms with Crippen molar-refractivity contribution >= 4 is 10.1 Å². The molecule has 0 aromatic rings. The number of hydrogen-bond acceptors (Lipinski definition) is 4. The molecular weight excluding hydrogens is 264 g/mol. The standard InChI is InChI=1S/C14H24O4S/c1-3-5-12-19(15,16)18-14-9-6-8-13(14,7-4-2)10-11-17-14/h4H,2-3,5-12H2,1H3. The topological polar surface area (TPSA) is 52.6 Å². The number of unbranched alkanes of at least 4 members (excludes halogenated alkanes) is 1. The van der Waals surface area contributed by atoms with E-state index in [-0.39, 0.29) is 11.2 Å². The molecule has 2 aliphatic rings. The van der Waals surface area contributed by atoms with Gasteiger partial charge in [0, 0.05) is 11.8 Å². The quantitative estimate of drug-likeness (QED) is 0.534. The van der Waals surface area contributed by atoms with Gasteiger partial charge in [-0.25, -0.2) is 4.18 Å². The van der Waals surface area contributed by atoms with E-state index >= 15 is 0 Å². The Kier molecular flexibility index (Phi) is 4.38. The van der Waals surface area contributed by atoms with Crippen molar-refractivity contribution in [3.63, 3.8) is 0 Å². The molecule has 2 rings (SSSR count). The molecule has 2 atom stereocenters. The van der Waals surface area contributed by atoms with Crippen LogP contribution in [-0.4, -0.2) is 26.6 Å². The van der Waals surface area contributed by atoms with Crippen molar-refractivity contribution in [3.8, 4) is 0 Å². The molecule has 1 saturated heterocycles. The highest BCUT2D eigenvalue weighted by molar-refractivity contribution is 7.86. The van der Waals surface area contributed by atoms with Gasteiger partial charge in [0.2, 0.25) is 0 Å². The second-order valence-corrected chi connectivity index (χ2v) is 7.37. The SMILES string of the molecule is C=CCC12CCCC1(OS(=O)(=O)CCCC)OCC2. The zero-order chi connectivity index (χ0) is 14.0. The molecule has 5 heteroatoms. The summed E-state index contributed by atoms with van der Waals surface area (Å²) in [5.74, 6) is -0.841. The fraction of sp³-hybridized carbons (Fsp3) is 0.857. The first-order valence-corrected chi connectivity index (χ1v) is 8.75. The third-order valence-electron chi connectivity index (χ3n) is 4.43. The lowest BCUT2D eigenvalue weighted by Crippen LogP contribution is -2.44. The van der Waals surface area contributed by atoms with E-state index in [1.807, 2.05) is 13.0 Å². The van der Waals surface area contributed by atoms with E-state index in [4.69, 9.17) is 8.92 Å². The summed E-state index contributed by atoms with van der Waals surface area (Å²) in [4.78, 5) is 0. The van der Waals surface area contributed by atoms with Gasteiger partial charge in [-0.05, 0) is 32.1 Å². The van der Waals surface area contributed by atoms with Gasteiger partial charge >= 0.3 is 0 Å². The monoisotopic (exact) mass is 288 g/mol. The summed E-state index contributed by atoms with van der Waals surface area (Å²) in [5.41, 5.74) is -0.186. The molecule has 2 unspecified atom stereocenters. The minimum atomic E-state index is -3.51. The van der Waals surface area contributed by atoms with Crippen LogP contribution < -0.4 is 0 Å². The number of allylic oxidation sites excluding steroid dienone is 1. The highest BCUT2D eigenvalue weighted by atomic mass is 32.2. The third kappa shape index (κ3) is 2.73. The maximum absolute atomic E-state index is 12.1. The van der Waals surface area contributed by atoms with Gasteiger partial charge in [0.1, 0.15) is 0 Å². The molecule has 0 bridgehead atoms. The summed E-state index contributed by atoms with van der Waals surface area (Å²) in [6, 6.07) is 0. The molecule has 2 fully saturated rings. The second-order valence-electron chi connectivity index (χ2n) is 5.68. The van der Waals surface area contributed by atoms with E-state index < -0.39 is 15.9 Å². The summed E-state index contributed by atoms with van der Waals surface area (Å²) in [7, 11) is -3.51. The van der Waals surface area contributed by atoms with E-state index in [0.717, 1.165) is 32.1 Å². The van der Waals surface area contributed by atoms with E-state index in [1.54, 1.807) is 0 Å². The zero-order valence-corrected chi connectivity index (χ0v) is 12.5.